The predicted molar refractivity (Wildman–Crippen MR) is 108 cm³/mol. The molecule has 1 heterocycles. The molecule has 1 aliphatic heterocycles. The molecule has 1 atom stereocenters. The average Bonchev–Trinajstić information content (AvgIpc) is 3.15. The van der Waals surface area contributed by atoms with Crippen LogP contribution in [-0.2, 0) is 0 Å². The highest BCUT2D eigenvalue weighted by Crippen LogP contribution is 2.38. The van der Waals surface area contributed by atoms with Gasteiger partial charge in [-0.25, -0.2) is 0 Å². The van der Waals surface area contributed by atoms with Gasteiger partial charge in [-0.15, -0.1) is 11.8 Å². The highest BCUT2D eigenvalue weighted by atomic mass is 32.2. The van der Waals surface area contributed by atoms with E-state index in [0.29, 0.717) is 6.79 Å². The Labute approximate surface area is 158 Å². The molecule has 4 rings (SSSR count). The third kappa shape index (κ3) is 3.94. The minimum absolute atomic E-state index is 0.240. The zero-order chi connectivity index (χ0) is 17.8. The standard InChI is InChI=1S/C23H20O2S/c1-17-7-11-20(12-8-17)26-23(19-5-3-2-4-6-19)14-10-18-9-13-21-22(15-18)25-16-24-21/h2-15,23H,16H2,1H3/b14-10+. The van der Waals surface area contributed by atoms with E-state index >= 15 is 0 Å². The van der Waals surface area contributed by atoms with E-state index < -0.39 is 0 Å². The maximum absolute atomic E-state index is 5.48. The molecular weight excluding hydrogens is 340 g/mol. The van der Waals surface area contributed by atoms with E-state index in [1.807, 2.05) is 23.9 Å². The number of rotatable bonds is 5. The highest BCUT2D eigenvalue weighted by Gasteiger charge is 2.13. The third-order valence-electron chi connectivity index (χ3n) is 4.27. The number of benzene rings is 3. The molecule has 130 valence electrons. The summed E-state index contributed by atoms with van der Waals surface area (Å²) in [7, 11) is 0. The summed E-state index contributed by atoms with van der Waals surface area (Å²) in [5, 5.41) is 0.240. The average molecular weight is 360 g/mol. The fourth-order valence-electron chi connectivity index (χ4n) is 2.84. The second-order valence-corrected chi connectivity index (χ2v) is 7.45. The van der Waals surface area contributed by atoms with Crippen LogP contribution in [-0.4, -0.2) is 6.79 Å². The quantitative estimate of drug-likeness (QED) is 0.500. The Bertz CT molecular complexity index is 901. The van der Waals surface area contributed by atoms with E-state index in [4.69, 9.17) is 9.47 Å². The molecular formula is C23H20O2S. The van der Waals surface area contributed by atoms with Gasteiger partial charge >= 0.3 is 0 Å². The normalized spacial score (nSPS) is 13.9. The molecule has 1 aliphatic rings. The number of fused-ring (bicyclic) bond motifs is 1. The van der Waals surface area contributed by atoms with Gasteiger partial charge in [0.15, 0.2) is 11.5 Å². The molecule has 0 fully saturated rings. The predicted octanol–water partition coefficient (Wildman–Crippen LogP) is 6.27. The minimum atomic E-state index is 0.240. The Kier molecular flexibility index (Phi) is 4.98. The summed E-state index contributed by atoms with van der Waals surface area (Å²) in [6.45, 7) is 2.42. The number of ether oxygens (including phenoxy) is 2. The lowest BCUT2D eigenvalue weighted by molar-refractivity contribution is 0.174. The van der Waals surface area contributed by atoms with Crippen LogP contribution in [0.4, 0.5) is 0 Å². The first-order valence-corrected chi connectivity index (χ1v) is 9.52. The molecule has 26 heavy (non-hydrogen) atoms. The zero-order valence-corrected chi connectivity index (χ0v) is 15.4. The van der Waals surface area contributed by atoms with Crippen LogP contribution >= 0.6 is 11.8 Å². The molecule has 0 amide bonds. The van der Waals surface area contributed by atoms with E-state index in [0.717, 1.165) is 17.1 Å². The van der Waals surface area contributed by atoms with E-state index in [-0.39, 0.29) is 5.25 Å². The van der Waals surface area contributed by atoms with Crippen LogP contribution in [0, 0.1) is 6.92 Å². The van der Waals surface area contributed by atoms with Gasteiger partial charge in [0, 0.05) is 4.90 Å². The van der Waals surface area contributed by atoms with Gasteiger partial charge in [0.25, 0.3) is 0 Å². The summed E-state index contributed by atoms with van der Waals surface area (Å²) in [4.78, 5) is 1.26. The van der Waals surface area contributed by atoms with Gasteiger partial charge in [-0.1, -0.05) is 66.2 Å². The molecule has 3 aromatic carbocycles. The molecule has 0 bridgehead atoms. The van der Waals surface area contributed by atoms with Gasteiger partial charge in [0.2, 0.25) is 6.79 Å². The van der Waals surface area contributed by atoms with Crippen molar-refractivity contribution in [2.75, 3.05) is 6.79 Å². The molecule has 0 aliphatic carbocycles. The molecule has 0 radical (unpaired) electrons. The first-order valence-electron chi connectivity index (χ1n) is 8.64. The van der Waals surface area contributed by atoms with E-state index in [1.165, 1.54) is 16.0 Å². The van der Waals surface area contributed by atoms with Crippen LogP contribution in [0.25, 0.3) is 6.08 Å². The Morgan fingerprint density at radius 1 is 0.885 bits per heavy atom. The Morgan fingerprint density at radius 2 is 1.65 bits per heavy atom. The third-order valence-corrected chi connectivity index (χ3v) is 5.50. The van der Waals surface area contributed by atoms with Crippen LogP contribution in [0.2, 0.25) is 0 Å². The summed E-state index contributed by atoms with van der Waals surface area (Å²) in [6.07, 6.45) is 4.40. The van der Waals surface area contributed by atoms with Crippen molar-refractivity contribution in [2.24, 2.45) is 0 Å². The maximum atomic E-state index is 5.48. The monoisotopic (exact) mass is 360 g/mol. The topological polar surface area (TPSA) is 18.5 Å². The van der Waals surface area contributed by atoms with E-state index in [1.54, 1.807) is 0 Å². The van der Waals surface area contributed by atoms with Gasteiger partial charge in [-0.05, 0) is 42.3 Å². The van der Waals surface area contributed by atoms with Crippen LogP contribution in [0.15, 0.2) is 83.8 Å². The lowest BCUT2D eigenvalue weighted by Crippen LogP contribution is -1.92. The lowest BCUT2D eigenvalue weighted by Gasteiger charge is -2.13. The number of hydrogen-bond acceptors (Lipinski definition) is 3. The second-order valence-electron chi connectivity index (χ2n) is 6.23. The summed E-state index contributed by atoms with van der Waals surface area (Å²) < 4.78 is 10.9. The first-order chi connectivity index (χ1) is 12.8. The second kappa shape index (κ2) is 7.71. The minimum Gasteiger partial charge on any atom is -0.454 e. The van der Waals surface area contributed by atoms with Crippen LogP contribution in [0.5, 0.6) is 11.5 Å². The number of aryl methyl sites for hydroxylation is 1. The van der Waals surface area contributed by atoms with Gasteiger partial charge < -0.3 is 9.47 Å². The van der Waals surface area contributed by atoms with Crippen LogP contribution in [0.1, 0.15) is 21.9 Å². The molecule has 0 saturated heterocycles. The smallest absolute Gasteiger partial charge is 0.231 e. The molecule has 3 heteroatoms. The van der Waals surface area contributed by atoms with Gasteiger partial charge in [0.05, 0.1) is 5.25 Å². The Hall–Kier alpha value is -2.65. The molecule has 1 unspecified atom stereocenters. The molecule has 0 spiro atoms. The van der Waals surface area contributed by atoms with Crippen molar-refractivity contribution in [3.8, 4) is 11.5 Å². The van der Waals surface area contributed by atoms with Gasteiger partial charge in [0.1, 0.15) is 0 Å². The van der Waals surface area contributed by atoms with Crippen molar-refractivity contribution in [1.82, 2.24) is 0 Å². The van der Waals surface area contributed by atoms with E-state index in [2.05, 4.69) is 79.7 Å². The number of hydrogen-bond donors (Lipinski definition) is 0. The first kappa shape index (κ1) is 16.8. The number of thioether (sulfide) groups is 1. The Morgan fingerprint density at radius 3 is 2.46 bits per heavy atom. The molecule has 3 aromatic rings. The maximum Gasteiger partial charge on any atom is 0.231 e. The van der Waals surface area contributed by atoms with Crippen molar-refractivity contribution in [2.45, 2.75) is 17.1 Å². The zero-order valence-electron chi connectivity index (χ0n) is 14.6. The summed E-state index contributed by atoms with van der Waals surface area (Å²) >= 11 is 1.85. The van der Waals surface area contributed by atoms with Crippen molar-refractivity contribution >= 4 is 17.8 Å². The molecule has 0 N–H and O–H groups in total. The molecule has 0 aromatic heterocycles. The molecule has 2 nitrogen and oxygen atoms in total. The summed E-state index contributed by atoms with van der Waals surface area (Å²) in [6, 6.07) is 25.3. The lowest BCUT2D eigenvalue weighted by atomic mass is 10.1. The molecule has 0 saturated carbocycles. The summed E-state index contributed by atoms with van der Waals surface area (Å²) in [5.74, 6) is 1.63. The van der Waals surface area contributed by atoms with Crippen molar-refractivity contribution in [3.05, 3.63) is 95.6 Å². The fourth-order valence-corrected chi connectivity index (χ4v) is 3.88. The van der Waals surface area contributed by atoms with Crippen molar-refractivity contribution < 1.29 is 9.47 Å². The van der Waals surface area contributed by atoms with Gasteiger partial charge in [-0.2, -0.15) is 0 Å². The van der Waals surface area contributed by atoms with Crippen LogP contribution < -0.4 is 9.47 Å². The summed E-state index contributed by atoms with van der Waals surface area (Å²) in [5.41, 5.74) is 3.68. The Balaban J connectivity index is 1.59. The highest BCUT2D eigenvalue weighted by molar-refractivity contribution is 7.99. The van der Waals surface area contributed by atoms with Crippen molar-refractivity contribution in [3.63, 3.8) is 0 Å². The largest absolute Gasteiger partial charge is 0.454 e. The van der Waals surface area contributed by atoms with Crippen molar-refractivity contribution in [1.29, 1.82) is 0 Å². The SMILES string of the molecule is Cc1ccc(SC(/C=C/c2ccc3c(c2)OCO3)c2ccccc2)cc1. The van der Waals surface area contributed by atoms with Gasteiger partial charge in [-0.3, -0.25) is 0 Å². The fraction of sp³-hybridized carbons (Fsp3) is 0.130. The van der Waals surface area contributed by atoms with Crippen LogP contribution in [0.3, 0.4) is 0 Å². The van der Waals surface area contributed by atoms with E-state index in [9.17, 15) is 0 Å².